The smallest absolute Gasteiger partial charge is 0.251 e. The van der Waals surface area contributed by atoms with E-state index >= 15 is 0 Å². The first-order valence-corrected chi connectivity index (χ1v) is 9.23. The Labute approximate surface area is 172 Å². The van der Waals surface area contributed by atoms with Crippen LogP contribution in [0.4, 0.5) is 11.6 Å². The number of amides is 1. The summed E-state index contributed by atoms with van der Waals surface area (Å²) in [4.78, 5) is 20.5. The molecule has 0 fully saturated rings. The van der Waals surface area contributed by atoms with E-state index < -0.39 is 0 Å². The molecular weight excluding hydrogens is 380 g/mol. The van der Waals surface area contributed by atoms with Gasteiger partial charge in [0, 0.05) is 18.3 Å². The topological polar surface area (TPSA) is 121 Å². The summed E-state index contributed by atoms with van der Waals surface area (Å²) in [6.45, 7) is 1.97. The van der Waals surface area contributed by atoms with Gasteiger partial charge in [-0.3, -0.25) is 4.79 Å². The zero-order valence-corrected chi connectivity index (χ0v) is 16.4. The molecule has 2 aromatic carbocycles. The predicted molar refractivity (Wildman–Crippen MR) is 112 cm³/mol. The van der Waals surface area contributed by atoms with Crippen LogP contribution in [0, 0.1) is 18.3 Å². The highest BCUT2D eigenvalue weighted by atomic mass is 16.1. The maximum Gasteiger partial charge on any atom is 0.251 e. The Bertz CT molecular complexity index is 1270. The molecule has 1 amide bonds. The van der Waals surface area contributed by atoms with Crippen molar-refractivity contribution in [2.45, 2.75) is 13.3 Å². The van der Waals surface area contributed by atoms with Crippen molar-refractivity contribution in [3.8, 4) is 11.8 Å². The van der Waals surface area contributed by atoms with Crippen molar-refractivity contribution in [3.63, 3.8) is 0 Å². The quantitative estimate of drug-likeness (QED) is 0.530. The number of aromatic nitrogens is 5. The third-order valence-electron chi connectivity index (χ3n) is 4.61. The summed E-state index contributed by atoms with van der Waals surface area (Å²) in [7, 11) is 1.59. The first-order chi connectivity index (χ1) is 14.6. The number of anilines is 2. The lowest BCUT2D eigenvalue weighted by Crippen LogP contribution is -2.17. The number of rotatable bonds is 5. The first kappa shape index (κ1) is 19.0. The third-order valence-corrected chi connectivity index (χ3v) is 4.61. The molecule has 2 heterocycles. The Kier molecular flexibility index (Phi) is 5.05. The van der Waals surface area contributed by atoms with Gasteiger partial charge in [0.05, 0.1) is 24.4 Å². The van der Waals surface area contributed by atoms with Gasteiger partial charge in [-0.25, -0.2) is 4.98 Å². The van der Waals surface area contributed by atoms with Crippen LogP contribution in [-0.2, 0) is 6.42 Å². The number of nitrogens with zero attached hydrogens (tertiary/aromatic N) is 6. The molecule has 0 aliphatic carbocycles. The number of carbonyl (C=O) groups excluding carboxylic acids is 1. The molecule has 0 saturated heterocycles. The van der Waals surface area contributed by atoms with Crippen LogP contribution >= 0.6 is 0 Å². The Balaban J connectivity index is 1.68. The molecule has 2 N–H and O–H groups in total. The monoisotopic (exact) mass is 398 g/mol. The van der Waals surface area contributed by atoms with E-state index in [9.17, 15) is 4.79 Å². The second-order valence-electron chi connectivity index (χ2n) is 6.64. The zero-order chi connectivity index (χ0) is 21.1. The molecule has 0 spiro atoms. The summed E-state index contributed by atoms with van der Waals surface area (Å²) in [6.07, 6.45) is 1.91. The second-order valence-corrected chi connectivity index (χ2v) is 6.64. The SMILES string of the molecule is CNC(=O)c1ccc(Nc2ncc3nnn(-c4cc(CC#N)ccc4C)c3n2)cc1. The highest BCUT2D eigenvalue weighted by molar-refractivity contribution is 5.94. The summed E-state index contributed by atoms with van der Waals surface area (Å²) in [5, 5.41) is 23.1. The highest BCUT2D eigenvalue weighted by Crippen LogP contribution is 2.21. The normalized spacial score (nSPS) is 10.6. The average Bonchev–Trinajstić information content (AvgIpc) is 3.18. The van der Waals surface area contributed by atoms with E-state index in [2.05, 4.69) is 37.0 Å². The summed E-state index contributed by atoms with van der Waals surface area (Å²) in [6, 6.07) is 14.9. The molecule has 2 aromatic heterocycles. The Morgan fingerprint density at radius 2 is 2.00 bits per heavy atom. The van der Waals surface area contributed by atoms with Crippen molar-refractivity contribution in [3.05, 3.63) is 65.4 Å². The van der Waals surface area contributed by atoms with E-state index in [1.165, 1.54) is 0 Å². The van der Waals surface area contributed by atoms with Crippen molar-refractivity contribution < 1.29 is 4.79 Å². The zero-order valence-electron chi connectivity index (χ0n) is 16.4. The molecule has 4 aromatic rings. The van der Waals surface area contributed by atoms with Crippen molar-refractivity contribution in [1.29, 1.82) is 5.26 Å². The average molecular weight is 398 g/mol. The molecular formula is C21H18N8O. The standard InChI is InChI=1S/C21H18N8O/c1-13-3-4-14(9-10-22)11-18(13)29-19-17(27-28-29)12-24-21(26-19)25-16-7-5-15(6-8-16)20(30)23-2/h3-8,11-12H,9H2,1-2H3,(H,23,30)(H,24,25,26). The van der Waals surface area contributed by atoms with Crippen molar-refractivity contribution in [1.82, 2.24) is 30.3 Å². The molecule has 0 aliphatic rings. The molecule has 148 valence electrons. The van der Waals surface area contributed by atoms with Gasteiger partial charge in [0.2, 0.25) is 5.95 Å². The van der Waals surface area contributed by atoms with Gasteiger partial charge in [-0.05, 0) is 48.4 Å². The third kappa shape index (κ3) is 3.66. The molecule has 9 nitrogen and oxygen atoms in total. The second kappa shape index (κ2) is 7.97. The van der Waals surface area contributed by atoms with Crippen molar-refractivity contribution in [2.24, 2.45) is 0 Å². The van der Waals surface area contributed by atoms with Gasteiger partial charge >= 0.3 is 0 Å². The van der Waals surface area contributed by atoms with Gasteiger partial charge in [-0.1, -0.05) is 17.3 Å². The lowest BCUT2D eigenvalue weighted by atomic mass is 10.1. The van der Waals surface area contributed by atoms with Crippen LogP contribution in [0.1, 0.15) is 21.5 Å². The number of fused-ring (bicyclic) bond motifs is 1. The first-order valence-electron chi connectivity index (χ1n) is 9.23. The number of benzene rings is 2. The number of nitrogens with one attached hydrogen (secondary N) is 2. The summed E-state index contributed by atoms with van der Waals surface area (Å²) in [5.74, 6) is 0.229. The lowest BCUT2D eigenvalue weighted by molar-refractivity contribution is 0.0963. The molecule has 0 atom stereocenters. The molecule has 0 aliphatic heterocycles. The number of aryl methyl sites for hydroxylation is 1. The fraction of sp³-hybridized carbons (Fsp3) is 0.143. The van der Waals surface area contributed by atoms with Crippen molar-refractivity contribution >= 4 is 28.7 Å². The van der Waals surface area contributed by atoms with Gasteiger partial charge in [0.25, 0.3) is 5.91 Å². The molecule has 0 radical (unpaired) electrons. The molecule has 4 rings (SSSR count). The maximum absolute atomic E-state index is 11.7. The number of carbonyl (C=O) groups is 1. The molecule has 9 heteroatoms. The number of hydrogen-bond donors (Lipinski definition) is 2. The summed E-state index contributed by atoms with van der Waals surface area (Å²) < 4.78 is 1.65. The van der Waals surface area contributed by atoms with E-state index in [0.717, 1.165) is 22.5 Å². The fourth-order valence-corrected chi connectivity index (χ4v) is 3.01. The van der Waals surface area contributed by atoms with E-state index in [4.69, 9.17) is 5.26 Å². The predicted octanol–water partition coefficient (Wildman–Crippen LogP) is 2.69. The lowest BCUT2D eigenvalue weighted by Gasteiger charge is -2.09. The fourth-order valence-electron chi connectivity index (χ4n) is 3.01. The Morgan fingerprint density at radius 3 is 2.73 bits per heavy atom. The minimum Gasteiger partial charge on any atom is -0.355 e. The van der Waals surface area contributed by atoms with Crippen LogP contribution in [-0.4, -0.2) is 37.9 Å². The van der Waals surface area contributed by atoms with E-state index in [1.807, 2.05) is 25.1 Å². The van der Waals surface area contributed by atoms with E-state index in [-0.39, 0.29) is 5.91 Å². The van der Waals surface area contributed by atoms with Gasteiger partial charge in [0.1, 0.15) is 0 Å². The molecule has 0 unspecified atom stereocenters. The summed E-state index contributed by atoms with van der Waals surface area (Å²) in [5.41, 5.74) is 5.10. The van der Waals surface area contributed by atoms with Gasteiger partial charge in [0.15, 0.2) is 11.2 Å². The molecule has 30 heavy (non-hydrogen) atoms. The van der Waals surface area contributed by atoms with Gasteiger partial charge < -0.3 is 10.6 Å². The van der Waals surface area contributed by atoms with Crippen LogP contribution in [0.5, 0.6) is 0 Å². The Morgan fingerprint density at radius 1 is 1.20 bits per heavy atom. The molecule has 0 saturated carbocycles. The highest BCUT2D eigenvalue weighted by Gasteiger charge is 2.13. The van der Waals surface area contributed by atoms with Crippen LogP contribution in [0.2, 0.25) is 0 Å². The Hall–Kier alpha value is -4.32. The number of nitriles is 1. The minimum atomic E-state index is -0.150. The van der Waals surface area contributed by atoms with Crippen LogP contribution in [0.15, 0.2) is 48.7 Å². The van der Waals surface area contributed by atoms with Crippen LogP contribution in [0.25, 0.3) is 16.9 Å². The maximum atomic E-state index is 11.7. The summed E-state index contributed by atoms with van der Waals surface area (Å²) >= 11 is 0. The molecule has 0 bridgehead atoms. The van der Waals surface area contributed by atoms with E-state index in [0.29, 0.717) is 29.1 Å². The number of hydrogen-bond acceptors (Lipinski definition) is 7. The minimum absolute atomic E-state index is 0.150. The van der Waals surface area contributed by atoms with Crippen LogP contribution in [0.3, 0.4) is 0 Å². The van der Waals surface area contributed by atoms with Gasteiger partial charge in [-0.2, -0.15) is 14.9 Å². The van der Waals surface area contributed by atoms with Crippen LogP contribution < -0.4 is 10.6 Å². The van der Waals surface area contributed by atoms with E-state index in [1.54, 1.807) is 42.2 Å². The largest absolute Gasteiger partial charge is 0.355 e. The van der Waals surface area contributed by atoms with Crippen molar-refractivity contribution in [2.75, 3.05) is 12.4 Å². The van der Waals surface area contributed by atoms with Gasteiger partial charge in [-0.15, -0.1) is 5.10 Å².